The van der Waals surface area contributed by atoms with Crippen LogP contribution in [0.5, 0.6) is 0 Å². The number of thiophene rings is 1. The maximum atomic E-state index is 13.1. The van der Waals surface area contributed by atoms with Gasteiger partial charge in [0.25, 0.3) is 11.5 Å². The third-order valence-electron chi connectivity index (χ3n) is 4.64. The second kappa shape index (κ2) is 7.54. The van der Waals surface area contributed by atoms with Crippen molar-refractivity contribution in [3.05, 3.63) is 27.1 Å². The van der Waals surface area contributed by atoms with E-state index in [1.807, 2.05) is 20.8 Å². The number of fused-ring (bicyclic) bond motifs is 1. The van der Waals surface area contributed by atoms with Gasteiger partial charge in [-0.3, -0.25) is 9.59 Å². The molecule has 9 heteroatoms. The highest BCUT2D eigenvalue weighted by Crippen LogP contribution is 2.28. The fraction of sp³-hybridized carbons (Fsp3) is 0.579. The molecule has 0 radical (unpaired) electrons. The van der Waals surface area contributed by atoms with E-state index in [2.05, 4.69) is 4.98 Å². The number of aromatic nitrogens is 2. The largest absolute Gasteiger partial charge is 0.444 e. The molecule has 1 aliphatic rings. The number of hydrogen-bond acceptors (Lipinski definition) is 6. The fourth-order valence-electron chi connectivity index (χ4n) is 3.19. The molecule has 8 nitrogen and oxygen atoms in total. The van der Waals surface area contributed by atoms with Crippen LogP contribution < -0.4 is 5.56 Å². The summed E-state index contributed by atoms with van der Waals surface area (Å²) in [5, 5.41) is 0.503. The normalized spacial score (nSPS) is 15.6. The minimum Gasteiger partial charge on any atom is -0.444 e. The highest BCUT2D eigenvalue weighted by molar-refractivity contribution is 7.20. The number of nitrogens with zero attached hydrogens (tertiary/aromatic N) is 4. The Morgan fingerprint density at radius 1 is 1.14 bits per heavy atom. The quantitative estimate of drug-likeness (QED) is 0.726. The zero-order chi connectivity index (χ0) is 20.6. The molecule has 28 heavy (non-hydrogen) atoms. The summed E-state index contributed by atoms with van der Waals surface area (Å²) in [6, 6.07) is 0. The van der Waals surface area contributed by atoms with Crippen molar-refractivity contribution >= 4 is 33.6 Å². The Hall–Kier alpha value is -2.42. The summed E-state index contributed by atoms with van der Waals surface area (Å²) in [7, 11) is 1.65. The molecule has 0 atom stereocenters. The Balaban J connectivity index is 1.78. The zero-order valence-corrected chi connectivity index (χ0v) is 17.8. The summed E-state index contributed by atoms with van der Waals surface area (Å²) in [5.41, 5.74) is -0.0246. The number of aryl methyl sites for hydroxylation is 2. The predicted molar refractivity (Wildman–Crippen MR) is 108 cm³/mol. The zero-order valence-electron chi connectivity index (χ0n) is 16.9. The number of carbonyl (C=O) groups is 2. The molecule has 0 spiro atoms. The second-order valence-electron chi connectivity index (χ2n) is 8.01. The standard InChI is InChI=1S/C19H26N4O4S/c1-12-13-15(20-11-21(5)16(13)24)28-14(12)17(25)22-7-6-8-23(10-9-22)18(26)27-19(2,3)4/h11H,6-10H2,1-5H3. The van der Waals surface area contributed by atoms with Crippen molar-refractivity contribution in [2.45, 2.75) is 39.7 Å². The molecule has 0 N–H and O–H groups in total. The van der Waals surface area contributed by atoms with E-state index in [1.165, 1.54) is 22.2 Å². The molecule has 0 aromatic carbocycles. The lowest BCUT2D eigenvalue weighted by Gasteiger charge is -2.26. The molecule has 3 heterocycles. The molecule has 0 aliphatic carbocycles. The molecule has 2 amide bonds. The number of carbonyl (C=O) groups excluding carboxylic acids is 2. The first-order valence-electron chi connectivity index (χ1n) is 9.30. The lowest BCUT2D eigenvalue weighted by atomic mass is 10.2. The van der Waals surface area contributed by atoms with Gasteiger partial charge in [-0.2, -0.15) is 0 Å². The van der Waals surface area contributed by atoms with Gasteiger partial charge < -0.3 is 19.1 Å². The summed E-state index contributed by atoms with van der Waals surface area (Å²) in [5.74, 6) is -0.117. The van der Waals surface area contributed by atoms with Crippen LogP contribution in [-0.4, -0.2) is 63.1 Å². The maximum Gasteiger partial charge on any atom is 0.410 e. The monoisotopic (exact) mass is 406 g/mol. The van der Waals surface area contributed by atoms with Crippen molar-refractivity contribution in [3.63, 3.8) is 0 Å². The number of rotatable bonds is 1. The predicted octanol–water partition coefficient (Wildman–Crippen LogP) is 2.39. The summed E-state index contributed by atoms with van der Waals surface area (Å²) in [4.78, 5) is 46.6. The Morgan fingerprint density at radius 3 is 2.46 bits per heavy atom. The van der Waals surface area contributed by atoms with Crippen LogP contribution in [0.15, 0.2) is 11.1 Å². The van der Waals surface area contributed by atoms with E-state index in [0.29, 0.717) is 53.3 Å². The van der Waals surface area contributed by atoms with E-state index in [1.54, 1.807) is 23.8 Å². The van der Waals surface area contributed by atoms with Gasteiger partial charge in [-0.1, -0.05) is 0 Å². The molecule has 1 aliphatic heterocycles. The van der Waals surface area contributed by atoms with Crippen LogP contribution in [0.1, 0.15) is 42.4 Å². The molecule has 3 rings (SSSR count). The first-order valence-corrected chi connectivity index (χ1v) is 10.1. The Bertz CT molecular complexity index is 973. The van der Waals surface area contributed by atoms with Crippen molar-refractivity contribution in [3.8, 4) is 0 Å². The van der Waals surface area contributed by atoms with Crippen molar-refractivity contribution in [1.82, 2.24) is 19.4 Å². The van der Waals surface area contributed by atoms with E-state index < -0.39 is 5.60 Å². The van der Waals surface area contributed by atoms with Crippen LogP contribution in [0.25, 0.3) is 10.2 Å². The van der Waals surface area contributed by atoms with E-state index in [9.17, 15) is 14.4 Å². The van der Waals surface area contributed by atoms with E-state index >= 15 is 0 Å². The first kappa shape index (κ1) is 20.3. The van der Waals surface area contributed by atoms with Crippen molar-refractivity contribution in [2.75, 3.05) is 26.2 Å². The van der Waals surface area contributed by atoms with Gasteiger partial charge in [-0.15, -0.1) is 11.3 Å². The van der Waals surface area contributed by atoms with Crippen LogP contribution in [-0.2, 0) is 11.8 Å². The summed E-state index contributed by atoms with van der Waals surface area (Å²) < 4.78 is 6.85. The van der Waals surface area contributed by atoms with Gasteiger partial charge in [0.05, 0.1) is 16.6 Å². The number of amides is 2. The van der Waals surface area contributed by atoms with Crippen LogP contribution >= 0.6 is 11.3 Å². The average molecular weight is 407 g/mol. The lowest BCUT2D eigenvalue weighted by molar-refractivity contribution is 0.0255. The van der Waals surface area contributed by atoms with Gasteiger partial charge >= 0.3 is 6.09 Å². The number of hydrogen-bond donors (Lipinski definition) is 0. The van der Waals surface area contributed by atoms with Crippen molar-refractivity contribution in [1.29, 1.82) is 0 Å². The Morgan fingerprint density at radius 2 is 1.79 bits per heavy atom. The van der Waals surface area contributed by atoms with Gasteiger partial charge in [0, 0.05) is 33.2 Å². The van der Waals surface area contributed by atoms with Gasteiger partial charge in [0.15, 0.2) is 0 Å². The van der Waals surface area contributed by atoms with Crippen LogP contribution in [0.3, 0.4) is 0 Å². The summed E-state index contributed by atoms with van der Waals surface area (Å²) >= 11 is 1.25. The van der Waals surface area contributed by atoms with E-state index in [-0.39, 0.29) is 17.6 Å². The minimum absolute atomic E-state index is 0.117. The second-order valence-corrected chi connectivity index (χ2v) is 9.01. The highest BCUT2D eigenvalue weighted by atomic mass is 32.1. The molecule has 0 saturated carbocycles. The molecule has 152 valence electrons. The van der Waals surface area contributed by atoms with E-state index in [0.717, 1.165) is 0 Å². The molecule has 0 unspecified atom stereocenters. The van der Waals surface area contributed by atoms with Crippen LogP contribution in [0.2, 0.25) is 0 Å². The number of ether oxygens (including phenoxy) is 1. The van der Waals surface area contributed by atoms with Gasteiger partial charge in [0.1, 0.15) is 10.4 Å². The first-order chi connectivity index (χ1) is 13.1. The Kier molecular flexibility index (Phi) is 5.47. The minimum atomic E-state index is -0.549. The molecule has 1 saturated heterocycles. The van der Waals surface area contributed by atoms with Gasteiger partial charge in [0.2, 0.25) is 0 Å². The topological polar surface area (TPSA) is 84.7 Å². The SMILES string of the molecule is Cc1c(C(=O)N2CCCN(C(=O)OC(C)(C)C)CC2)sc2ncn(C)c(=O)c12. The lowest BCUT2D eigenvalue weighted by Crippen LogP contribution is -2.40. The third-order valence-corrected chi connectivity index (χ3v) is 5.83. The van der Waals surface area contributed by atoms with Gasteiger partial charge in [-0.05, 0) is 39.7 Å². The smallest absolute Gasteiger partial charge is 0.410 e. The molecule has 0 bridgehead atoms. The average Bonchev–Trinajstić information content (AvgIpc) is 2.79. The van der Waals surface area contributed by atoms with Crippen molar-refractivity contribution in [2.24, 2.45) is 7.05 Å². The summed E-state index contributed by atoms with van der Waals surface area (Å²) in [6.07, 6.45) is 1.79. The third kappa shape index (κ3) is 4.04. The molecular formula is C19H26N4O4S. The van der Waals surface area contributed by atoms with Gasteiger partial charge in [-0.25, -0.2) is 9.78 Å². The fourth-order valence-corrected chi connectivity index (χ4v) is 4.29. The highest BCUT2D eigenvalue weighted by Gasteiger charge is 2.28. The molecule has 1 fully saturated rings. The summed E-state index contributed by atoms with van der Waals surface area (Å²) in [6.45, 7) is 9.24. The molecule has 2 aromatic heterocycles. The van der Waals surface area contributed by atoms with Crippen molar-refractivity contribution < 1.29 is 14.3 Å². The maximum absolute atomic E-state index is 13.1. The van der Waals surface area contributed by atoms with Crippen LogP contribution in [0, 0.1) is 6.92 Å². The molecule has 2 aromatic rings. The van der Waals surface area contributed by atoms with Crippen LogP contribution in [0.4, 0.5) is 4.79 Å². The Labute approximate surface area is 167 Å². The van der Waals surface area contributed by atoms with E-state index in [4.69, 9.17) is 4.74 Å². The molecular weight excluding hydrogens is 380 g/mol.